The number of anilines is 1. The maximum atomic E-state index is 12.3. The van der Waals surface area contributed by atoms with E-state index in [9.17, 15) is 8.42 Å². The van der Waals surface area contributed by atoms with Gasteiger partial charge in [0.05, 0.1) is 10.6 Å². The van der Waals surface area contributed by atoms with E-state index in [4.69, 9.17) is 22.7 Å². The zero-order valence-electron chi connectivity index (χ0n) is 11.0. The molecule has 0 radical (unpaired) electrons. The summed E-state index contributed by atoms with van der Waals surface area (Å²) in [6.07, 6.45) is 0. The maximum Gasteiger partial charge on any atom is 0.262 e. The van der Waals surface area contributed by atoms with Gasteiger partial charge in [0.25, 0.3) is 10.0 Å². The summed E-state index contributed by atoms with van der Waals surface area (Å²) in [5.74, 6) is 0.366. The van der Waals surface area contributed by atoms with E-state index in [1.807, 2.05) is 0 Å². The first kappa shape index (κ1) is 15.3. The molecule has 0 bridgehead atoms. The topological polar surface area (TPSA) is 81.4 Å². The number of ether oxygens (including phenoxy) is 1. The molecule has 21 heavy (non-hydrogen) atoms. The van der Waals surface area contributed by atoms with Crippen LogP contribution in [-0.2, 0) is 10.0 Å². The fourth-order valence-electron chi connectivity index (χ4n) is 1.63. The van der Waals surface area contributed by atoms with Crippen molar-refractivity contribution in [3.8, 4) is 5.75 Å². The number of benzene rings is 2. The fourth-order valence-corrected chi connectivity index (χ4v) is 2.78. The lowest BCUT2D eigenvalue weighted by Gasteiger charge is -2.13. The van der Waals surface area contributed by atoms with Crippen LogP contribution in [0.1, 0.15) is 0 Å². The van der Waals surface area contributed by atoms with E-state index in [1.54, 1.807) is 42.5 Å². The zero-order valence-corrected chi connectivity index (χ0v) is 12.7. The predicted molar refractivity (Wildman–Crippen MR) is 86.0 cm³/mol. The van der Waals surface area contributed by atoms with Gasteiger partial charge in [0.2, 0.25) is 0 Å². The van der Waals surface area contributed by atoms with Gasteiger partial charge in [0, 0.05) is 0 Å². The lowest BCUT2D eigenvalue weighted by molar-refractivity contribution is 0.379. The van der Waals surface area contributed by atoms with E-state index in [2.05, 4.69) is 4.72 Å². The Hall–Kier alpha value is -2.12. The van der Waals surface area contributed by atoms with Crippen LogP contribution in [0.2, 0.25) is 0 Å². The summed E-state index contributed by atoms with van der Waals surface area (Å²) in [5.41, 5.74) is 5.71. The first-order valence-electron chi connectivity index (χ1n) is 6.07. The van der Waals surface area contributed by atoms with Gasteiger partial charge in [0.15, 0.2) is 0 Å². The first-order valence-corrected chi connectivity index (χ1v) is 7.96. The van der Waals surface area contributed by atoms with Crippen molar-refractivity contribution in [2.24, 2.45) is 5.73 Å². The number of thiocarbonyl (C=S) groups is 1. The van der Waals surface area contributed by atoms with Gasteiger partial charge >= 0.3 is 0 Å². The van der Waals surface area contributed by atoms with E-state index >= 15 is 0 Å². The largest absolute Gasteiger partial charge is 0.484 e. The Labute approximate surface area is 128 Å². The van der Waals surface area contributed by atoms with Gasteiger partial charge < -0.3 is 10.5 Å². The lowest BCUT2D eigenvalue weighted by Crippen LogP contribution is -2.19. The van der Waals surface area contributed by atoms with Gasteiger partial charge in [-0.05, 0) is 24.3 Å². The van der Waals surface area contributed by atoms with Gasteiger partial charge in [-0.25, -0.2) is 8.42 Å². The van der Waals surface area contributed by atoms with Gasteiger partial charge in [-0.15, -0.1) is 0 Å². The summed E-state index contributed by atoms with van der Waals surface area (Å²) in [6, 6.07) is 14.8. The second-order valence-corrected chi connectivity index (χ2v) is 6.38. The number of hydrogen-bond acceptors (Lipinski definition) is 4. The summed E-state index contributed by atoms with van der Waals surface area (Å²) in [5, 5.41) is 0. The highest BCUT2D eigenvalue weighted by molar-refractivity contribution is 7.92. The third-order valence-corrected chi connectivity index (χ3v) is 4.05. The first-order chi connectivity index (χ1) is 9.99. The van der Waals surface area contributed by atoms with Crippen LogP contribution in [0.3, 0.4) is 0 Å². The molecule has 0 fully saturated rings. The summed E-state index contributed by atoms with van der Waals surface area (Å²) < 4.78 is 32.4. The van der Waals surface area contributed by atoms with Crippen molar-refractivity contribution in [3.63, 3.8) is 0 Å². The number of sulfonamides is 1. The average molecular weight is 322 g/mol. The molecule has 3 N–H and O–H groups in total. The normalized spacial score (nSPS) is 10.9. The van der Waals surface area contributed by atoms with E-state index in [1.165, 1.54) is 12.1 Å². The minimum atomic E-state index is -3.67. The summed E-state index contributed by atoms with van der Waals surface area (Å²) >= 11 is 4.74. The molecule has 0 saturated heterocycles. The predicted octanol–water partition coefficient (Wildman–Crippen LogP) is 2.15. The Morgan fingerprint density at radius 1 is 1.10 bits per heavy atom. The van der Waals surface area contributed by atoms with Crippen molar-refractivity contribution in [2.75, 3.05) is 11.3 Å². The Morgan fingerprint density at radius 2 is 1.71 bits per heavy atom. The Bertz CT molecular complexity index is 731. The molecule has 0 spiro atoms. The van der Waals surface area contributed by atoms with E-state index < -0.39 is 10.0 Å². The highest BCUT2D eigenvalue weighted by atomic mass is 32.2. The standard InChI is InChI=1S/C14H14N2O3S2/c15-14(20)10-19-13-9-5-4-8-12(13)16-21(17,18)11-6-2-1-3-7-11/h1-9,16H,10H2,(H2,15,20). The summed E-state index contributed by atoms with van der Waals surface area (Å²) in [6.45, 7) is 0.0411. The number of hydrogen-bond donors (Lipinski definition) is 2. The maximum absolute atomic E-state index is 12.3. The number of para-hydroxylation sites is 2. The molecule has 0 saturated carbocycles. The SMILES string of the molecule is NC(=S)COc1ccccc1NS(=O)(=O)c1ccccc1. The van der Waals surface area contributed by atoms with Crippen LogP contribution >= 0.6 is 12.2 Å². The molecule has 0 aliphatic rings. The minimum absolute atomic E-state index is 0.0411. The number of nitrogens with two attached hydrogens (primary N) is 1. The van der Waals surface area contributed by atoms with Crippen molar-refractivity contribution in [1.82, 2.24) is 0 Å². The van der Waals surface area contributed by atoms with Gasteiger partial charge in [0.1, 0.15) is 17.3 Å². The summed E-state index contributed by atoms with van der Waals surface area (Å²) in [4.78, 5) is 0.366. The average Bonchev–Trinajstić information content (AvgIpc) is 2.47. The van der Waals surface area contributed by atoms with Crippen molar-refractivity contribution < 1.29 is 13.2 Å². The molecule has 0 aliphatic heterocycles. The van der Waals surface area contributed by atoms with Crippen LogP contribution in [0.5, 0.6) is 5.75 Å². The third kappa shape index (κ3) is 4.17. The van der Waals surface area contributed by atoms with Gasteiger partial charge in [-0.2, -0.15) is 0 Å². The van der Waals surface area contributed by atoms with Crippen LogP contribution in [-0.4, -0.2) is 20.0 Å². The van der Waals surface area contributed by atoms with Crippen LogP contribution in [0.15, 0.2) is 59.5 Å². The molecule has 0 unspecified atom stereocenters. The van der Waals surface area contributed by atoms with Crippen LogP contribution < -0.4 is 15.2 Å². The molecule has 0 atom stereocenters. The smallest absolute Gasteiger partial charge is 0.262 e. The van der Waals surface area contributed by atoms with E-state index in [0.29, 0.717) is 11.4 Å². The third-order valence-electron chi connectivity index (χ3n) is 2.55. The molecule has 0 amide bonds. The highest BCUT2D eigenvalue weighted by Gasteiger charge is 2.15. The molecule has 110 valence electrons. The van der Waals surface area contributed by atoms with Crippen molar-refractivity contribution in [3.05, 3.63) is 54.6 Å². The second-order valence-electron chi connectivity index (χ2n) is 4.17. The molecular weight excluding hydrogens is 308 g/mol. The minimum Gasteiger partial charge on any atom is -0.484 e. The van der Waals surface area contributed by atoms with Gasteiger partial charge in [-0.1, -0.05) is 42.5 Å². The molecule has 0 aromatic heterocycles. The van der Waals surface area contributed by atoms with Crippen molar-refractivity contribution >= 4 is 32.9 Å². The number of rotatable bonds is 6. The fraction of sp³-hybridized carbons (Fsp3) is 0.0714. The lowest BCUT2D eigenvalue weighted by atomic mass is 10.3. The van der Waals surface area contributed by atoms with Gasteiger partial charge in [-0.3, -0.25) is 4.72 Å². The molecule has 7 heteroatoms. The molecular formula is C14H14N2O3S2. The Balaban J connectivity index is 2.25. The molecule has 2 aromatic carbocycles. The zero-order chi connectivity index (χ0) is 15.3. The molecule has 2 rings (SSSR count). The second kappa shape index (κ2) is 6.55. The van der Waals surface area contributed by atoms with Crippen LogP contribution in [0.25, 0.3) is 0 Å². The molecule has 0 aliphatic carbocycles. The van der Waals surface area contributed by atoms with Crippen molar-refractivity contribution in [2.45, 2.75) is 4.90 Å². The quantitative estimate of drug-likeness (QED) is 0.797. The molecule has 5 nitrogen and oxygen atoms in total. The van der Waals surface area contributed by atoms with E-state index in [-0.39, 0.29) is 16.5 Å². The van der Waals surface area contributed by atoms with Crippen LogP contribution in [0.4, 0.5) is 5.69 Å². The van der Waals surface area contributed by atoms with E-state index in [0.717, 1.165) is 0 Å². The Kier molecular flexibility index (Phi) is 4.77. The molecule has 2 aromatic rings. The Morgan fingerprint density at radius 3 is 2.38 bits per heavy atom. The monoisotopic (exact) mass is 322 g/mol. The summed E-state index contributed by atoms with van der Waals surface area (Å²) in [7, 11) is -3.67. The molecule has 0 heterocycles. The van der Waals surface area contributed by atoms with Crippen molar-refractivity contribution in [1.29, 1.82) is 0 Å². The number of nitrogens with one attached hydrogen (secondary N) is 1. The highest BCUT2D eigenvalue weighted by Crippen LogP contribution is 2.26. The van der Waals surface area contributed by atoms with Crippen LogP contribution in [0, 0.1) is 0 Å².